The number of benzene rings is 2. The quantitative estimate of drug-likeness (QED) is 0.794. The molecule has 1 atom stereocenters. The van der Waals surface area contributed by atoms with Crippen LogP contribution in [0.5, 0.6) is 0 Å². The van der Waals surface area contributed by atoms with Crippen LogP contribution in [0.25, 0.3) is 0 Å². The zero-order valence-electron chi connectivity index (χ0n) is 12.3. The zero-order valence-corrected chi connectivity index (χ0v) is 12.3. The number of aryl methyl sites for hydroxylation is 1. The second-order valence-corrected chi connectivity index (χ2v) is 4.93. The summed E-state index contributed by atoms with van der Waals surface area (Å²) in [5.41, 5.74) is 1.96. The van der Waals surface area contributed by atoms with Gasteiger partial charge in [0.25, 0.3) is 0 Å². The Hall–Kier alpha value is -2.40. The lowest BCUT2D eigenvalue weighted by Gasteiger charge is -2.14. The van der Waals surface area contributed by atoms with Crippen LogP contribution in [0.15, 0.2) is 48.5 Å². The normalized spacial score (nSPS) is 11.8. The van der Waals surface area contributed by atoms with Crippen LogP contribution in [0.4, 0.5) is 14.9 Å². The highest BCUT2D eigenvalue weighted by molar-refractivity contribution is 5.89. The minimum absolute atomic E-state index is 0.0692. The van der Waals surface area contributed by atoms with E-state index in [9.17, 15) is 14.3 Å². The Morgan fingerprint density at radius 1 is 1.23 bits per heavy atom. The maximum atomic E-state index is 13.5. The van der Waals surface area contributed by atoms with E-state index >= 15 is 0 Å². The molecule has 0 saturated carbocycles. The van der Waals surface area contributed by atoms with Gasteiger partial charge < -0.3 is 15.7 Å². The maximum Gasteiger partial charge on any atom is 0.319 e. The lowest BCUT2D eigenvalue weighted by atomic mass is 10.1. The standard InChI is InChI=1S/C17H19FN2O2/c1-2-12-6-5-7-13(10-12)20-17(22)19-11-16(21)14-8-3-4-9-15(14)18/h3-10,16,21H,2,11H2,1H3,(H2,19,20,22). The molecule has 0 fully saturated rings. The van der Waals surface area contributed by atoms with Gasteiger partial charge >= 0.3 is 6.03 Å². The second-order valence-electron chi connectivity index (χ2n) is 4.93. The molecule has 0 spiro atoms. The number of urea groups is 1. The molecule has 0 aromatic heterocycles. The summed E-state index contributed by atoms with van der Waals surface area (Å²) in [5.74, 6) is -0.493. The van der Waals surface area contributed by atoms with Crippen molar-refractivity contribution < 1.29 is 14.3 Å². The van der Waals surface area contributed by atoms with Gasteiger partial charge in [-0.15, -0.1) is 0 Å². The average molecular weight is 302 g/mol. The lowest BCUT2D eigenvalue weighted by Crippen LogP contribution is -2.32. The third kappa shape index (κ3) is 4.30. The summed E-state index contributed by atoms with van der Waals surface area (Å²) in [4.78, 5) is 11.8. The van der Waals surface area contributed by atoms with E-state index in [1.54, 1.807) is 18.2 Å². The topological polar surface area (TPSA) is 61.4 Å². The number of hydrogen-bond acceptors (Lipinski definition) is 2. The van der Waals surface area contributed by atoms with Crippen molar-refractivity contribution in [1.82, 2.24) is 5.32 Å². The molecule has 0 aliphatic rings. The molecular formula is C17H19FN2O2. The number of hydrogen-bond donors (Lipinski definition) is 3. The summed E-state index contributed by atoms with van der Waals surface area (Å²) >= 11 is 0. The average Bonchev–Trinajstić information content (AvgIpc) is 2.53. The number of carbonyl (C=O) groups is 1. The van der Waals surface area contributed by atoms with E-state index < -0.39 is 18.0 Å². The molecule has 5 heteroatoms. The van der Waals surface area contributed by atoms with Gasteiger partial charge in [0.2, 0.25) is 0 Å². The van der Waals surface area contributed by atoms with E-state index in [1.807, 2.05) is 25.1 Å². The molecule has 0 bridgehead atoms. The molecule has 116 valence electrons. The van der Waals surface area contributed by atoms with E-state index in [1.165, 1.54) is 12.1 Å². The number of amides is 2. The Bertz CT molecular complexity index is 646. The van der Waals surface area contributed by atoms with Gasteiger partial charge in [0, 0.05) is 17.8 Å². The van der Waals surface area contributed by atoms with Crippen LogP contribution in [-0.2, 0) is 6.42 Å². The summed E-state index contributed by atoms with van der Waals surface area (Å²) in [6, 6.07) is 13.0. The van der Waals surface area contributed by atoms with Crippen molar-refractivity contribution in [2.24, 2.45) is 0 Å². The Kier molecular flexibility index (Phi) is 5.49. The molecule has 0 aliphatic carbocycles. The highest BCUT2D eigenvalue weighted by Crippen LogP contribution is 2.16. The molecule has 2 amide bonds. The SMILES string of the molecule is CCc1cccc(NC(=O)NCC(O)c2ccccc2F)c1. The van der Waals surface area contributed by atoms with Crippen molar-refractivity contribution in [3.05, 3.63) is 65.5 Å². The van der Waals surface area contributed by atoms with Crippen LogP contribution in [0.3, 0.4) is 0 Å². The fraction of sp³-hybridized carbons (Fsp3) is 0.235. The molecule has 3 N–H and O–H groups in total. The van der Waals surface area contributed by atoms with Crippen molar-refractivity contribution in [2.45, 2.75) is 19.4 Å². The van der Waals surface area contributed by atoms with Gasteiger partial charge in [-0.1, -0.05) is 37.3 Å². The van der Waals surface area contributed by atoms with E-state index in [-0.39, 0.29) is 12.1 Å². The maximum absolute atomic E-state index is 13.5. The molecule has 2 aromatic rings. The van der Waals surface area contributed by atoms with Crippen LogP contribution < -0.4 is 10.6 Å². The van der Waals surface area contributed by atoms with Crippen molar-refractivity contribution in [2.75, 3.05) is 11.9 Å². The molecule has 2 aromatic carbocycles. The van der Waals surface area contributed by atoms with E-state index in [0.29, 0.717) is 5.69 Å². The van der Waals surface area contributed by atoms with Crippen LogP contribution in [0.1, 0.15) is 24.2 Å². The first kappa shape index (κ1) is 16.0. The number of aliphatic hydroxyl groups excluding tert-OH is 1. The molecule has 0 radical (unpaired) electrons. The molecule has 0 aliphatic heterocycles. The molecule has 4 nitrogen and oxygen atoms in total. The first-order chi connectivity index (χ1) is 10.6. The Balaban J connectivity index is 1.88. The largest absolute Gasteiger partial charge is 0.386 e. The highest BCUT2D eigenvalue weighted by atomic mass is 19.1. The second kappa shape index (κ2) is 7.56. The third-order valence-corrected chi connectivity index (χ3v) is 3.31. The predicted octanol–water partition coefficient (Wildman–Crippen LogP) is 3.24. The Labute approximate surface area is 129 Å². The molecule has 2 rings (SSSR count). The summed E-state index contributed by atoms with van der Waals surface area (Å²) in [6.07, 6.45) is -0.211. The van der Waals surface area contributed by atoms with E-state index in [0.717, 1.165) is 12.0 Å². The smallest absolute Gasteiger partial charge is 0.319 e. The van der Waals surface area contributed by atoms with Gasteiger partial charge in [-0.3, -0.25) is 0 Å². The van der Waals surface area contributed by atoms with Gasteiger partial charge in [-0.2, -0.15) is 0 Å². The molecule has 0 heterocycles. The fourth-order valence-electron chi connectivity index (χ4n) is 2.09. The molecule has 22 heavy (non-hydrogen) atoms. The van der Waals surface area contributed by atoms with Gasteiger partial charge in [0.15, 0.2) is 0 Å². The highest BCUT2D eigenvalue weighted by Gasteiger charge is 2.13. The minimum atomic E-state index is -1.09. The van der Waals surface area contributed by atoms with Gasteiger partial charge in [-0.25, -0.2) is 9.18 Å². The van der Waals surface area contributed by atoms with Gasteiger partial charge in [-0.05, 0) is 30.2 Å². The predicted molar refractivity (Wildman–Crippen MR) is 84.2 cm³/mol. The fourth-order valence-corrected chi connectivity index (χ4v) is 2.09. The van der Waals surface area contributed by atoms with E-state index in [2.05, 4.69) is 10.6 Å². The number of aliphatic hydroxyl groups is 1. The van der Waals surface area contributed by atoms with Crippen molar-refractivity contribution >= 4 is 11.7 Å². The van der Waals surface area contributed by atoms with Crippen LogP contribution in [0.2, 0.25) is 0 Å². The monoisotopic (exact) mass is 302 g/mol. The minimum Gasteiger partial charge on any atom is -0.386 e. The van der Waals surface area contributed by atoms with Gasteiger partial charge in [0.1, 0.15) is 5.82 Å². The Morgan fingerprint density at radius 3 is 2.73 bits per heavy atom. The van der Waals surface area contributed by atoms with Crippen molar-refractivity contribution in [3.63, 3.8) is 0 Å². The summed E-state index contributed by atoms with van der Waals surface area (Å²) in [5, 5.41) is 15.1. The molecule has 1 unspecified atom stereocenters. The van der Waals surface area contributed by atoms with Gasteiger partial charge in [0.05, 0.1) is 6.10 Å². The number of anilines is 1. The van der Waals surface area contributed by atoms with E-state index in [4.69, 9.17) is 0 Å². The zero-order chi connectivity index (χ0) is 15.9. The van der Waals surface area contributed by atoms with Crippen LogP contribution in [0, 0.1) is 5.82 Å². The molecule has 0 saturated heterocycles. The first-order valence-electron chi connectivity index (χ1n) is 7.16. The number of halogens is 1. The summed E-state index contributed by atoms with van der Waals surface area (Å²) in [7, 11) is 0. The van der Waals surface area contributed by atoms with Crippen LogP contribution in [-0.4, -0.2) is 17.7 Å². The van der Waals surface area contributed by atoms with Crippen LogP contribution >= 0.6 is 0 Å². The summed E-state index contributed by atoms with van der Waals surface area (Å²) in [6.45, 7) is 1.96. The van der Waals surface area contributed by atoms with Crippen molar-refractivity contribution in [3.8, 4) is 0 Å². The van der Waals surface area contributed by atoms with Crippen molar-refractivity contribution in [1.29, 1.82) is 0 Å². The number of carbonyl (C=O) groups excluding carboxylic acids is 1. The Morgan fingerprint density at radius 2 is 2.00 bits per heavy atom. The first-order valence-corrected chi connectivity index (χ1v) is 7.16. The number of rotatable bonds is 5. The molecular weight excluding hydrogens is 283 g/mol. The lowest BCUT2D eigenvalue weighted by molar-refractivity contribution is 0.170. The third-order valence-electron chi connectivity index (χ3n) is 3.31. The summed E-state index contributed by atoms with van der Waals surface area (Å²) < 4.78 is 13.5. The number of nitrogens with one attached hydrogen (secondary N) is 2.